The van der Waals surface area contributed by atoms with Crippen molar-refractivity contribution in [3.8, 4) is 0 Å². The highest BCUT2D eigenvalue weighted by atomic mass is 16.5. The number of carbonyl (C=O) groups is 1. The van der Waals surface area contributed by atoms with E-state index in [9.17, 15) is 9.90 Å². The Morgan fingerprint density at radius 2 is 1.93 bits per heavy atom. The molecule has 2 heterocycles. The fourth-order valence-electron chi connectivity index (χ4n) is 3.13. The van der Waals surface area contributed by atoms with Crippen LogP contribution in [0.3, 0.4) is 0 Å². The zero-order valence-electron chi connectivity index (χ0n) is 9.10. The molecule has 4 atom stereocenters. The number of ether oxygens (including phenoxy) is 1. The molecular weight excluding hydrogens is 192 g/mol. The van der Waals surface area contributed by atoms with Crippen LogP contribution in [-0.4, -0.2) is 30.2 Å². The van der Waals surface area contributed by atoms with Crippen molar-refractivity contribution in [3.05, 3.63) is 0 Å². The maximum atomic E-state index is 10.2. The highest BCUT2D eigenvalue weighted by Gasteiger charge is 2.47. The van der Waals surface area contributed by atoms with E-state index in [-0.39, 0.29) is 6.61 Å². The molecule has 2 rings (SSSR count). The van der Waals surface area contributed by atoms with Crippen LogP contribution in [0.4, 0.5) is 0 Å². The summed E-state index contributed by atoms with van der Waals surface area (Å²) in [4.78, 5) is 10.2. The molecule has 3 nitrogen and oxygen atoms in total. The number of carbonyl (C=O) groups excluding carboxylic acids is 1. The molecule has 0 aliphatic carbocycles. The minimum Gasteiger partial charge on any atom is -0.396 e. The molecule has 0 saturated carbocycles. The van der Waals surface area contributed by atoms with Crippen LogP contribution >= 0.6 is 0 Å². The maximum absolute atomic E-state index is 10.2. The lowest BCUT2D eigenvalue weighted by Crippen LogP contribution is -2.29. The van der Waals surface area contributed by atoms with Crippen molar-refractivity contribution in [2.75, 3.05) is 6.61 Å². The van der Waals surface area contributed by atoms with E-state index in [2.05, 4.69) is 0 Å². The average molecular weight is 212 g/mol. The van der Waals surface area contributed by atoms with Gasteiger partial charge in [0, 0.05) is 18.9 Å². The van der Waals surface area contributed by atoms with Crippen molar-refractivity contribution in [2.45, 2.75) is 50.7 Å². The monoisotopic (exact) mass is 212 g/mol. The summed E-state index contributed by atoms with van der Waals surface area (Å²) in [5.74, 6) is 0.903. The lowest BCUT2D eigenvalue weighted by atomic mass is 9.77. The highest BCUT2D eigenvalue weighted by molar-refractivity contribution is 5.48. The van der Waals surface area contributed by atoms with Gasteiger partial charge in [0.25, 0.3) is 0 Å². The molecular formula is C12H20O3. The largest absolute Gasteiger partial charge is 0.396 e. The molecule has 0 aromatic rings. The van der Waals surface area contributed by atoms with Gasteiger partial charge in [0.15, 0.2) is 0 Å². The standard InChI is InChI=1S/C12H20O3/c13-7-3-1-2-4-9-10(8-14)12-6-5-11(9)15-12/h7,9-12,14H,1-6,8H2. The molecule has 0 amide bonds. The predicted octanol–water partition coefficient (Wildman–Crippen LogP) is 1.53. The Labute approximate surface area is 90.8 Å². The number of hydrogen-bond acceptors (Lipinski definition) is 3. The summed E-state index contributed by atoms with van der Waals surface area (Å²) in [5, 5.41) is 9.33. The van der Waals surface area contributed by atoms with E-state index in [1.807, 2.05) is 0 Å². The Hall–Kier alpha value is -0.410. The van der Waals surface area contributed by atoms with E-state index in [1.54, 1.807) is 0 Å². The maximum Gasteiger partial charge on any atom is 0.119 e. The van der Waals surface area contributed by atoms with Gasteiger partial charge in [-0.15, -0.1) is 0 Å². The summed E-state index contributed by atoms with van der Waals surface area (Å²) in [7, 11) is 0. The molecule has 0 aromatic heterocycles. The summed E-state index contributed by atoms with van der Waals surface area (Å²) in [6, 6.07) is 0. The third-order valence-electron chi connectivity index (χ3n) is 3.91. The number of fused-ring (bicyclic) bond motifs is 2. The zero-order valence-corrected chi connectivity index (χ0v) is 9.10. The molecule has 3 heteroatoms. The van der Waals surface area contributed by atoms with E-state index < -0.39 is 0 Å². The fourth-order valence-corrected chi connectivity index (χ4v) is 3.13. The number of aliphatic hydroxyl groups is 1. The van der Waals surface area contributed by atoms with Crippen LogP contribution in [0.2, 0.25) is 0 Å². The molecule has 2 aliphatic rings. The zero-order chi connectivity index (χ0) is 10.7. The molecule has 2 saturated heterocycles. The van der Waals surface area contributed by atoms with E-state index in [1.165, 1.54) is 6.42 Å². The summed E-state index contributed by atoms with van der Waals surface area (Å²) in [5.41, 5.74) is 0. The van der Waals surface area contributed by atoms with Gasteiger partial charge >= 0.3 is 0 Å². The van der Waals surface area contributed by atoms with Crippen LogP contribution in [-0.2, 0) is 9.53 Å². The minimum atomic E-state index is 0.263. The molecule has 2 aliphatic heterocycles. The summed E-state index contributed by atoms with van der Waals surface area (Å²) in [6.07, 6.45) is 7.84. The lowest BCUT2D eigenvalue weighted by Gasteiger charge is -2.26. The Morgan fingerprint density at radius 3 is 2.60 bits per heavy atom. The average Bonchev–Trinajstić information content (AvgIpc) is 2.84. The molecule has 4 unspecified atom stereocenters. The normalized spacial score (nSPS) is 38.5. The van der Waals surface area contributed by atoms with Gasteiger partial charge in [-0.1, -0.05) is 6.42 Å². The van der Waals surface area contributed by atoms with Crippen LogP contribution in [0, 0.1) is 11.8 Å². The first kappa shape index (κ1) is 11.1. The van der Waals surface area contributed by atoms with Crippen LogP contribution in [0.25, 0.3) is 0 Å². The minimum absolute atomic E-state index is 0.263. The molecule has 1 N–H and O–H groups in total. The van der Waals surface area contributed by atoms with Gasteiger partial charge in [-0.2, -0.15) is 0 Å². The summed E-state index contributed by atoms with van der Waals surface area (Å²) in [6.45, 7) is 0.263. The van der Waals surface area contributed by atoms with Gasteiger partial charge in [0.05, 0.1) is 12.2 Å². The number of unbranched alkanes of at least 4 members (excludes halogenated alkanes) is 2. The number of hydrogen-bond donors (Lipinski definition) is 1. The van der Waals surface area contributed by atoms with E-state index >= 15 is 0 Å². The topological polar surface area (TPSA) is 46.5 Å². The van der Waals surface area contributed by atoms with Crippen LogP contribution in [0.15, 0.2) is 0 Å². The number of rotatable bonds is 6. The summed E-state index contributed by atoms with van der Waals surface area (Å²) >= 11 is 0. The Balaban J connectivity index is 1.78. The Kier molecular flexibility index (Phi) is 3.76. The number of aldehydes is 1. The lowest BCUT2D eigenvalue weighted by molar-refractivity contribution is -0.107. The second-order valence-corrected chi connectivity index (χ2v) is 4.75. The molecule has 86 valence electrons. The SMILES string of the molecule is O=CCCCCC1C2CCC(O2)C1CO. The fraction of sp³-hybridized carbons (Fsp3) is 0.917. The van der Waals surface area contributed by atoms with Gasteiger partial charge in [0.2, 0.25) is 0 Å². The number of aliphatic hydroxyl groups excluding tert-OH is 1. The van der Waals surface area contributed by atoms with Crippen molar-refractivity contribution in [3.63, 3.8) is 0 Å². The van der Waals surface area contributed by atoms with Crippen LogP contribution < -0.4 is 0 Å². The molecule has 0 radical (unpaired) electrons. The van der Waals surface area contributed by atoms with Crippen LogP contribution in [0.1, 0.15) is 38.5 Å². The van der Waals surface area contributed by atoms with Gasteiger partial charge in [-0.3, -0.25) is 0 Å². The van der Waals surface area contributed by atoms with Crippen LogP contribution in [0.5, 0.6) is 0 Å². The first-order valence-electron chi connectivity index (χ1n) is 6.06. The van der Waals surface area contributed by atoms with Crippen molar-refractivity contribution < 1.29 is 14.6 Å². The third-order valence-corrected chi connectivity index (χ3v) is 3.91. The second-order valence-electron chi connectivity index (χ2n) is 4.75. The molecule has 2 fully saturated rings. The van der Waals surface area contributed by atoms with Gasteiger partial charge in [-0.05, 0) is 31.6 Å². The molecule has 0 aromatic carbocycles. The van der Waals surface area contributed by atoms with Crippen molar-refractivity contribution in [1.29, 1.82) is 0 Å². The van der Waals surface area contributed by atoms with E-state index in [0.717, 1.165) is 32.0 Å². The first-order chi connectivity index (χ1) is 7.36. The van der Waals surface area contributed by atoms with Crippen molar-refractivity contribution in [1.82, 2.24) is 0 Å². The quantitative estimate of drug-likeness (QED) is 0.536. The summed E-state index contributed by atoms with van der Waals surface area (Å²) < 4.78 is 5.82. The Morgan fingerprint density at radius 1 is 1.20 bits per heavy atom. The van der Waals surface area contributed by atoms with E-state index in [0.29, 0.717) is 30.5 Å². The smallest absolute Gasteiger partial charge is 0.119 e. The van der Waals surface area contributed by atoms with Crippen molar-refractivity contribution >= 4 is 6.29 Å². The third kappa shape index (κ3) is 2.23. The first-order valence-corrected chi connectivity index (χ1v) is 6.06. The molecule has 15 heavy (non-hydrogen) atoms. The van der Waals surface area contributed by atoms with Gasteiger partial charge in [0.1, 0.15) is 6.29 Å². The Bertz CT molecular complexity index is 217. The van der Waals surface area contributed by atoms with Crippen molar-refractivity contribution in [2.24, 2.45) is 11.8 Å². The van der Waals surface area contributed by atoms with E-state index in [4.69, 9.17) is 4.74 Å². The second kappa shape index (κ2) is 5.08. The molecule has 0 spiro atoms. The predicted molar refractivity (Wildman–Crippen MR) is 56.5 cm³/mol. The highest BCUT2D eigenvalue weighted by Crippen LogP contribution is 2.45. The van der Waals surface area contributed by atoms with Gasteiger partial charge < -0.3 is 14.6 Å². The molecule has 2 bridgehead atoms. The van der Waals surface area contributed by atoms with Gasteiger partial charge in [-0.25, -0.2) is 0 Å².